The van der Waals surface area contributed by atoms with Crippen LogP contribution < -0.4 is 3.27 Å². The summed E-state index contributed by atoms with van der Waals surface area (Å²) in [4.78, 5) is 2.24. The molecule has 0 aliphatic carbocycles. The van der Waals surface area contributed by atoms with Gasteiger partial charge < -0.3 is 0 Å². The fourth-order valence-corrected chi connectivity index (χ4v) is 4.51. The number of rotatable bonds is 3. The monoisotopic (exact) mass is 387 g/mol. The molecule has 0 N–H and O–H groups in total. The maximum atomic E-state index is 2.44. The molecule has 1 nitrogen and oxygen atoms in total. The second-order valence-electron chi connectivity index (χ2n) is 4.24. The molecule has 0 aliphatic rings. The molecular weight excluding hydrogens is 367 g/mol. The van der Waals surface area contributed by atoms with Crippen LogP contribution in [-0.4, -0.2) is 40.7 Å². The quantitative estimate of drug-likeness (QED) is 0.718. The zero-order valence-electron chi connectivity index (χ0n) is 9.83. The van der Waals surface area contributed by atoms with Crippen molar-refractivity contribution in [2.45, 2.75) is 22.7 Å². The zero-order valence-corrected chi connectivity index (χ0v) is 13.3. The Morgan fingerprint density at radius 3 is 2.36 bits per heavy atom. The standard InChI is InChI=1S/C10H14N.2CH3.Bi/c1-9-6-4-5-7-10(9)8-11(2)3;;;/h4,6-7H,8H2,1-3H3;2*1H3;. The van der Waals surface area contributed by atoms with Gasteiger partial charge in [0.15, 0.2) is 0 Å². The van der Waals surface area contributed by atoms with Crippen LogP contribution in [0.3, 0.4) is 0 Å². The Balaban J connectivity index is 2.96. The summed E-state index contributed by atoms with van der Waals surface area (Å²) in [5.41, 5.74) is 2.92. The van der Waals surface area contributed by atoms with E-state index in [0.29, 0.717) is 0 Å². The van der Waals surface area contributed by atoms with E-state index in [9.17, 15) is 0 Å². The molecule has 0 bridgehead atoms. The molecule has 0 atom stereocenters. The van der Waals surface area contributed by atoms with Crippen LogP contribution in [0, 0.1) is 6.92 Å². The number of nitrogens with zero attached hydrogens (tertiary/aromatic N) is 1. The van der Waals surface area contributed by atoms with E-state index in [1.54, 1.807) is 3.27 Å². The molecule has 0 aromatic heterocycles. The molecular formula is C12H20BiN. The van der Waals surface area contributed by atoms with Gasteiger partial charge in [0.2, 0.25) is 0 Å². The van der Waals surface area contributed by atoms with E-state index in [1.165, 1.54) is 11.1 Å². The molecule has 0 saturated heterocycles. The summed E-state index contributed by atoms with van der Waals surface area (Å²) in [6.07, 6.45) is 0. The summed E-state index contributed by atoms with van der Waals surface area (Å²) < 4.78 is 6.53. The van der Waals surface area contributed by atoms with Crippen LogP contribution in [0.15, 0.2) is 18.2 Å². The van der Waals surface area contributed by atoms with Gasteiger partial charge in [0.05, 0.1) is 0 Å². The van der Waals surface area contributed by atoms with Crippen LogP contribution in [-0.2, 0) is 6.54 Å². The zero-order chi connectivity index (χ0) is 10.7. The van der Waals surface area contributed by atoms with E-state index in [0.717, 1.165) is 6.54 Å². The normalized spacial score (nSPS) is 11.4. The van der Waals surface area contributed by atoms with Gasteiger partial charge in [-0.25, -0.2) is 0 Å². The molecule has 0 saturated carbocycles. The summed E-state index contributed by atoms with van der Waals surface area (Å²) >= 11 is -1.23. The molecule has 0 unspecified atom stereocenters. The summed E-state index contributed by atoms with van der Waals surface area (Å²) in [5, 5.41) is 0. The molecule has 1 aromatic carbocycles. The predicted molar refractivity (Wildman–Crippen MR) is 65.7 cm³/mol. The van der Waals surface area contributed by atoms with Crippen molar-refractivity contribution >= 4 is 25.0 Å². The van der Waals surface area contributed by atoms with Crippen molar-refractivity contribution in [3.63, 3.8) is 0 Å². The van der Waals surface area contributed by atoms with E-state index >= 15 is 0 Å². The van der Waals surface area contributed by atoms with Crippen LogP contribution in [0.5, 0.6) is 0 Å². The van der Waals surface area contributed by atoms with Crippen molar-refractivity contribution in [1.29, 1.82) is 0 Å². The van der Waals surface area contributed by atoms with Crippen LogP contribution >= 0.6 is 0 Å². The van der Waals surface area contributed by atoms with Gasteiger partial charge in [-0.05, 0) is 0 Å². The molecule has 1 aromatic rings. The van der Waals surface area contributed by atoms with Gasteiger partial charge in [-0.2, -0.15) is 0 Å². The molecule has 0 aliphatic heterocycles. The first kappa shape index (κ1) is 12.1. The average Bonchev–Trinajstić information content (AvgIpc) is 2.07. The van der Waals surface area contributed by atoms with Gasteiger partial charge in [0, 0.05) is 0 Å². The van der Waals surface area contributed by atoms with E-state index < -0.39 is 21.8 Å². The van der Waals surface area contributed by atoms with E-state index in [4.69, 9.17) is 0 Å². The Bertz CT molecular complexity index is 305. The van der Waals surface area contributed by atoms with Gasteiger partial charge in [-0.3, -0.25) is 0 Å². The Labute approximate surface area is 95.8 Å². The fraction of sp³-hybridized carbons (Fsp3) is 0.500. The molecule has 0 fully saturated rings. The van der Waals surface area contributed by atoms with E-state index in [2.05, 4.69) is 53.4 Å². The van der Waals surface area contributed by atoms with Gasteiger partial charge in [-0.15, -0.1) is 0 Å². The van der Waals surface area contributed by atoms with Crippen molar-refractivity contribution in [3.05, 3.63) is 29.3 Å². The Kier molecular flexibility index (Phi) is 4.53. The summed E-state index contributed by atoms with van der Waals surface area (Å²) in [6, 6.07) is 7.03. The maximum absolute atomic E-state index is 2.44. The Hall–Kier alpha value is 0.0631. The summed E-state index contributed by atoms with van der Waals surface area (Å²) in [5.74, 6) is 0. The fourth-order valence-electron chi connectivity index (χ4n) is 1.45. The molecule has 0 heterocycles. The number of aryl methyl sites for hydroxylation is 1. The molecule has 78 valence electrons. The summed E-state index contributed by atoms with van der Waals surface area (Å²) in [6.45, 7) is 3.27. The second kappa shape index (κ2) is 5.23. The third-order valence-corrected chi connectivity index (χ3v) is 7.43. The van der Waals surface area contributed by atoms with Crippen LogP contribution in [0.1, 0.15) is 11.1 Å². The predicted octanol–water partition coefficient (Wildman–Crippen LogP) is 2.02. The first-order valence-electron chi connectivity index (χ1n) is 4.92. The first-order valence-corrected chi connectivity index (χ1v) is 13.6. The van der Waals surface area contributed by atoms with Gasteiger partial charge in [-0.1, -0.05) is 0 Å². The molecule has 1 rings (SSSR count). The van der Waals surface area contributed by atoms with Crippen LogP contribution in [0.4, 0.5) is 0 Å². The van der Waals surface area contributed by atoms with Crippen molar-refractivity contribution in [2.24, 2.45) is 0 Å². The van der Waals surface area contributed by atoms with Crippen molar-refractivity contribution in [3.8, 4) is 0 Å². The number of benzene rings is 1. The molecule has 14 heavy (non-hydrogen) atoms. The average molecular weight is 387 g/mol. The third-order valence-electron chi connectivity index (χ3n) is 2.34. The molecule has 0 spiro atoms. The van der Waals surface area contributed by atoms with Gasteiger partial charge >= 0.3 is 96.1 Å². The SMILES string of the molecule is Cc1cc[c]([Bi]([CH3])[CH3])cc1CN(C)C. The number of hydrogen-bond acceptors (Lipinski definition) is 1. The molecule has 2 heteroatoms. The topological polar surface area (TPSA) is 3.24 Å². The van der Waals surface area contributed by atoms with Gasteiger partial charge in [0.25, 0.3) is 0 Å². The number of hydrogen-bond donors (Lipinski definition) is 0. The van der Waals surface area contributed by atoms with Crippen molar-refractivity contribution < 1.29 is 0 Å². The Morgan fingerprint density at radius 2 is 1.86 bits per heavy atom. The molecule has 0 radical (unpaired) electrons. The van der Waals surface area contributed by atoms with E-state index in [-0.39, 0.29) is 0 Å². The Morgan fingerprint density at radius 1 is 1.21 bits per heavy atom. The molecule has 0 amide bonds. The minimum absolute atomic E-state index is 1.07. The van der Waals surface area contributed by atoms with Crippen molar-refractivity contribution in [2.75, 3.05) is 14.1 Å². The third kappa shape index (κ3) is 3.33. The first-order chi connectivity index (χ1) is 6.50. The van der Waals surface area contributed by atoms with Gasteiger partial charge in [0.1, 0.15) is 0 Å². The second-order valence-corrected chi connectivity index (χ2v) is 13.2. The summed E-state index contributed by atoms with van der Waals surface area (Å²) in [7, 11) is 4.26. The van der Waals surface area contributed by atoms with Crippen LogP contribution in [0.2, 0.25) is 9.26 Å². The van der Waals surface area contributed by atoms with Crippen molar-refractivity contribution in [1.82, 2.24) is 4.90 Å². The van der Waals surface area contributed by atoms with Crippen LogP contribution in [0.25, 0.3) is 0 Å². The van der Waals surface area contributed by atoms with E-state index in [1.807, 2.05) is 0 Å². The minimum atomic E-state index is -1.23.